The van der Waals surface area contributed by atoms with Crippen molar-refractivity contribution < 1.29 is 4.39 Å². The van der Waals surface area contributed by atoms with E-state index in [1.807, 2.05) is 37.3 Å². The Hall–Kier alpha value is -1.15. The molecular formula is C13H10BrF. The van der Waals surface area contributed by atoms with Gasteiger partial charge >= 0.3 is 0 Å². The number of hydrogen-bond acceptors (Lipinski definition) is 0. The van der Waals surface area contributed by atoms with Gasteiger partial charge in [-0.2, -0.15) is 0 Å². The Morgan fingerprint density at radius 1 is 1.00 bits per heavy atom. The normalized spacial score (nSPS) is 10.3. The topological polar surface area (TPSA) is 0 Å². The lowest BCUT2D eigenvalue weighted by atomic mass is 10.0. The maximum atomic E-state index is 13.2. The SMILES string of the molecule is Cc1cccc(-c2cc(F)cc(Br)c2)c1. The Balaban J connectivity index is 2.54. The maximum Gasteiger partial charge on any atom is 0.124 e. The second-order valence-corrected chi connectivity index (χ2v) is 4.44. The predicted molar refractivity (Wildman–Crippen MR) is 64.3 cm³/mol. The van der Waals surface area contributed by atoms with Gasteiger partial charge in [0.05, 0.1) is 0 Å². The minimum absolute atomic E-state index is 0.221. The molecule has 2 aromatic rings. The van der Waals surface area contributed by atoms with Crippen LogP contribution < -0.4 is 0 Å². The monoisotopic (exact) mass is 264 g/mol. The van der Waals surface area contributed by atoms with Gasteiger partial charge in [0.15, 0.2) is 0 Å². The van der Waals surface area contributed by atoms with Crippen molar-refractivity contribution >= 4 is 15.9 Å². The van der Waals surface area contributed by atoms with Gasteiger partial charge in [0, 0.05) is 4.47 Å². The fourth-order valence-corrected chi connectivity index (χ4v) is 2.01. The minimum Gasteiger partial charge on any atom is -0.207 e. The number of hydrogen-bond donors (Lipinski definition) is 0. The molecule has 2 aromatic carbocycles. The first-order valence-corrected chi connectivity index (χ1v) is 5.47. The lowest BCUT2D eigenvalue weighted by Gasteiger charge is -2.04. The van der Waals surface area contributed by atoms with E-state index >= 15 is 0 Å². The number of rotatable bonds is 1. The van der Waals surface area contributed by atoms with Gasteiger partial charge in [-0.25, -0.2) is 4.39 Å². The Morgan fingerprint density at radius 3 is 2.47 bits per heavy atom. The molecule has 0 saturated heterocycles. The average Bonchev–Trinajstić information content (AvgIpc) is 2.16. The van der Waals surface area contributed by atoms with E-state index in [1.54, 1.807) is 6.07 Å². The van der Waals surface area contributed by atoms with Gasteiger partial charge in [0.1, 0.15) is 5.82 Å². The number of halogens is 2. The van der Waals surface area contributed by atoms with Crippen molar-refractivity contribution in [1.82, 2.24) is 0 Å². The highest BCUT2D eigenvalue weighted by molar-refractivity contribution is 9.10. The molecular weight excluding hydrogens is 255 g/mol. The van der Waals surface area contributed by atoms with Crippen LogP contribution in [0, 0.1) is 12.7 Å². The van der Waals surface area contributed by atoms with Crippen LogP contribution in [0.3, 0.4) is 0 Å². The first kappa shape index (κ1) is 10.4. The summed E-state index contributed by atoms with van der Waals surface area (Å²) in [6.45, 7) is 2.03. The third-order valence-electron chi connectivity index (χ3n) is 2.21. The van der Waals surface area contributed by atoms with Gasteiger partial charge in [-0.1, -0.05) is 45.8 Å². The summed E-state index contributed by atoms with van der Waals surface area (Å²) in [4.78, 5) is 0. The molecule has 2 rings (SSSR count). The molecule has 0 nitrogen and oxygen atoms in total. The van der Waals surface area contributed by atoms with Crippen LogP contribution in [0.1, 0.15) is 5.56 Å². The summed E-state index contributed by atoms with van der Waals surface area (Å²) < 4.78 is 13.9. The highest BCUT2D eigenvalue weighted by Crippen LogP contribution is 2.25. The van der Waals surface area contributed by atoms with Gasteiger partial charge in [-0.3, -0.25) is 0 Å². The summed E-state index contributed by atoms with van der Waals surface area (Å²) in [5, 5.41) is 0. The molecule has 0 amide bonds. The second kappa shape index (κ2) is 4.15. The lowest BCUT2D eigenvalue weighted by molar-refractivity contribution is 0.627. The zero-order valence-corrected chi connectivity index (χ0v) is 9.88. The summed E-state index contributed by atoms with van der Waals surface area (Å²) in [6.07, 6.45) is 0. The van der Waals surface area contributed by atoms with Gasteiger partial charge in [0.25, 0.3) is 0 Å². The molecule has 0 heterocycles. The van der Waals surface area contributed by atoms with E-state index in [1.165, 1.54) is 11.6 Å². The molecule has 0 fully saturated rings. The van der Waals surface area contributed by atoms with Crippen molar-refractivity contribution in [2.45, 2.75) is 6.92 Å². The molecule has 0 bridgehead atoms. The van der Waals surface area contributed by atoms with Crippen LogP contribution in [0.15, 0.2) is 46.9 Å². The summed E-state index contributed by atoms with van der Waals surface area (Å²) in [7, 11) is 0. The molecule has 76 valence electrons. The van der Waals surface area contributed by atoms with Gasteiger partial charge < -0.3 is 0 Å². The molecule has 15 heavy (non-hydrogen) atoms. The summed E-state index contributed by atoms with van der Waals surface area (Å²) in [5.41, 5.74) is 3.11. The van der Waals surface area contributed by atoms with E-state index in [9.17, 15) is 4.39 Å². The van der Waals surface area contributed by atoms with Gasteiger partial charge in [-0.15, -0.1) is 0 Å². The van der Waals surface area contributed by atoms with E-state index in [2.05, 4.69) is 15.9 Å². The molecule has 0 aromatic heterocycles. The quantitative estimate of drug-likeness (QED) is 0.708. The van der Waals surface area contributed by atoms with Crippen LogP contribution >= 0.6 is 15.9 Å². The average molecular weight is 265 g/mol. The van der Waals surface area contributed by atoms with Crippen molar-refractivity contribution in [3.05, 3.63) is 58.3 Å². The van der Waals surface area contributed by atoms with Crippen molar-refractivity contribution in [1.29, 1.82) is 0 Å². The molecule has 0 N–H and O–H groups in total. The van der Waals surface area contributed by atoms with Crippen molar-refractivity contribution in [3.8, 4) is 11.1 Å². The molecule has 0 unspecified atom stereocenters. The van der Waals surface area contributed by atoms with Gasteiger partial charge in [0.2, 0.25) is 0 Å². The zero-order chi connectivity index (χ0) is 10.8. The van der Waals surface area contributed by atoms with Crippen LogP contribution in [-0.2, 0) is 0 Å². The Morgan fingerprint density at radius 2 is 1.80 bits per heavy atom. The summed E-state index contributed by atoms with van der Waals surface area (Å²) >= 11 is 3.29. The van der Waals surface area contributed by atoms with Crippen molar-refractivity contribution in [2.75, 3.05) is 0 Å². The van der Waals surface area contributed by atoms with Crippen LogP contribution in [0.2, 0.25) is 0 Å². The van der Waals surface area contributed by atoms with E-state index in [0.717, 1.165) is 15.6 Å². The predicted octanol–water partition coefficient (Wildman–Crippen LogP) is 4.56. The Labute approximate surface area is 96.9 Å². The molecule has 0 radical (unpaired) electrons. The third-order valence-corrected chi connectivity index (χ3v) is 2.67. The Kier molecular flexibility index (Phi) is 2.87. The molecule has 0 saturated carbocycles. The maximum absolute atomic E-state index is 13.2. The highest BCUT2D eigenvalue weighted by atomic mass is 79.9. The van der Waals surface area contributed by atoms with Crippen molar-refractivity contribution in [3.63, 3.8) is 0 Å². The Bertz CT molecular complexity index is 471. The molecule has 2 heteroatoms. The summed E-state index contributed by atoms with van der Waals surface area (Å²) in [5.74, 6) is -0.221. The van der Waals surface area contributed by atoms with E-state index < -0.39 is 0 Å². The standard InChI is InChI=1S/C13H10BrF/c1-9-3-2-4-10(5-9)11-6-12(14)8-13(15)7-11/h2-8H,1H3. The lowest BCUT2D eigenvalue weighted by Crippen LogP contribution is -1.82. The second-order valence-electron chi connectivity index (χ2n) is 3.53. The fourth-order valence-electron chi connectivity index (χ4n) is 1.55. The van der Waals surface area contributed by atoms with Crippen LogP contribution in [0.25, 0.3) is 11.1 Å². The highest BCUT2D eigenvalue weighted by Gasteiger charge is 2.01. The molecule has 0 spiro atoms. The van der Waals surface area contributed by atoms with E-state index in [0.29, 0.717) is 0 Å². The summed E-state index contributed by atoms with van der Waals surface area (Å²) in [6, 6.07) is 12.9. The van der Waals surface area contributed by atoms with Crippen LogP contribution in [-0.4, -0.2) is 0 Å². The van der Waals surface area contributed by atoms with E-state index in [4.69, 9.17) is 0 Å². The number of benzene rings is 2. The molecule has 0 aliphatic heterocycles. The smallest absolute Gasteiger partial charge is 0.124 e. The first-order valence-electron chi connectivity index (χ1n) is 4.68. The van der Waals surface area contributed by atoms with Crippen molar-refractivity contribution in [2.24, 2.45) is 0 Å². The minimum atomic E-state index is -0.221. The van der Waals surface area contributed by atoms with E-state index in [-0.39, 0.29) is 5.82 Å². The number of aryl methyl sites for hydroxylation is 1. The molecule has 0 atom stereocenters. The molecule has 0 aliphatic rings. The fraction of sp³-hybridized carbons (Fsp3) is 0.0769. The largest absolute Gasteiger partial charge is 0.207 e. The third kappa shape index (κ3) is 2.45. The van der Waals surface area contributed by atoms with Crippen LogP contribution in [0.4, 0.5) is 4.39 Å². The van der Waals surface area contributed by atoms with Gasteiger partial charge in [-0.05, 0) is 36.2 Å². The van der Waals surface area contributed by atoms with Crippen LogP contribution in [0.5, 0.6) is 0 Å². The zero-order valence-electron chi connectivity index (χ0n) is 8.30. The molecule has 0 aliphatic carbocycles. The first-order chi connectivity index (χ1) is 7.15.